The number of hydrogen-bond acceptors (Lipinski definition) is 5. The summed E-state index contributed by atoms with van der Waals surface area (Å²) in [5, 5.41) is 13.8. The van der Waals surface area contributed by atoms with E-state index < -0.39 is 5.60 Å². The molecule has 0 bridgehead atoms. The van der Waals surface area contributed by atoms with E-state index in [2.05, 4.69) is 57.0 Å². The molecule has 1 aliphatic heterocycles. The number of aliphatic hydroxyl groups is 1. The first-order valence-electron chi connectivity index (χ1n) is 12.9. The summed E-state index contributed by atoms with van der Waals surface area (Å²) in [6, 6.07) is 28.5. The molecule has 1 aromatic heterocycles. The quantitative estimate of drug-likeness (QED) is 0.301. The van der Waals surface area contributed by atoms with Gasteiger partial charge in [-0.3, -0.25) is 0 Å². The van der Waals surface area contributed by atoms with Gasteiger partial charge < -0.3 is 19.6 Å². The number of likely N-dealkylation sites (N-methyl/N-ethyl adjacent to an activating group) is 1. The smallest absolute Gasteiger partial charge is 0.217 e. The van der Waals surface area contributed by atoms with Crippen molar-refractivity contribution in [1.82, 2.24) is 14.8 Å². The van der Waals surface area contributed by atoms with Crippen LogP contribution in [0.5, 0.6) is 5.88 Å². The van der Waals surface area contributed by atoms with Gasteiger partial charge in [0, 0.05) is 54.1 Å². The maximum atomic E-state index is 12.8. The van der Waals surface area contributed by atoms with Gasteiger partial charge in [-0.1, -0.05) is 76.6 Å². The zero-order valence-electron chi connectivity index (χ0n) is 21.5. The maximum Gasteiger partial charge on any atom is 0.217 e. The van der Waals surface area contributed by atoms with Crippen molar-refractivity contribution < 1.29 is 9.84 Å². The fourth-order valence-electron chi connectivity index (χ4n) is 5.46. The third kappa shape index (κ3) is 5.58. The number of ether oxygens (including phenoxy) is 1. The minimum atomic E-state index is -1.18. The second kappa shape index (κ2) is 11.3. The Balaban J connectivity index is 1.66. The lowest BCUT2D eigenvalue weighted by Crippen LogP contribution is -2.46. The van der Waals surface area contributed by atoms with Crippen molar-refractivity contribution >= 4 is 26.8 Å². The molecule has 1 N–H and O–H groups in total. The summed E-state index contributed by atoms with van der Waals surface area (Å²) < 4.78 is 6.86. The average molecular weight is 561 g/mol. The summed E-state index contributed by atoms with van der Waals surface area (Å²) in [5.41, 5.74) is 2.48. The van der Waals surface area contributed by atoms with E-state index in [1.54, 1.807) is 7.11 Å². The Morgan fingerprint density at radius 3 is 2.30 bits per heavy atom. The van der Waals surface area contributed by atoms with Crippen LogP contribution in [0.25, 0.3) is 10.9 Å². The topological polar surface area (TPSA) is 48.8 Å². The molecule has 4 aromatic rings. The first-order valence-corrected chi connectivity index (χ1v) is 13.6. The van der Waals surface area contributed by atoms with E-state index in [0.717, 1.165) is 64.8 Å². The number of fused-ring (bicyclic) bond motifs is 1. The predicted octanol–water partition coefficient (Wildman–Crippen LogP) is 5.66. The standard InChI is InChI=1S/C31H34BrN3O2/c1-34-17-19-35(20-18-34)16-15-31(36,25-11-7-4-8-12-25)29(23-9-5-3-6-10-23)27-22-24-21-26(32)13-14-28(24)33-30(27)37-2/h3-14,21-22,29,36H,15-20H2,1-2H3. The number of hydrogen-bond donors (Lipinski definition) is 1. The molecular formula is C31H34BrN3O2. The van der Waals surface area contributed by atoms with Crippen molar-refractivity contribution in [2.45, 2.75) is 17.9 Å². The molecule has 0 aliphatic carbocycles. The highest BCUT2D eigenvalue weighted by molar-refractivity contribution is 9.10. The van der Waals surface area contributed by atoms with Crippen LogP contribution in [-0.4, -0.2) is 66.8 Å². The molecule has 0 saturated carbocycles. The Labute approximate surface area is 227 Å². The Morgan fingerprint density at radius 1 is 0.946 bits per heavy atom. The zero-order valence-corrected chi connectivity index (χ0v) is 23.1. The second-order valence-electron chi connectivity index (χ2n) is 9.95. The number of halogens is 1. The molecule has 1 fully saturated rings. The zero-order chi connectivity index (χ0) is 25.8. The van der Waals surface area contributed by atoms with E-state index in [1.165, 1.54) is 0 Å². The number of benzene rings is 3. The fourth-order valence-corrected chi connectivity index (χ4v) is 5.84. The van der Waals surface area contributed by atoms with Gasteiger partial charge in [-0.05, 0) is 48.9 Å². The number of aromatic nitrogens is 1. The van der Waals surface area contributed by atoms with Crippen molar-refractivity contribution in [1.29, 1.82) is 0 Å². The monoisotopic (exact) mass is 559 g/mol. The van der Waals surface area contributed by atoms with Gasteiger partial charge in [-0.2, -0.15) is 0 Å². The molecule has 37 heavy (non-hydrogen) atoms. The maximum absolute atomic E-state index is 12.8. The van der Waals surface area contributed by atoms with Crippen LogP contribution < -0.4 is 4.74 Å². The van der Waals surface area contributed by atoms with Crippen molar-refractivity contribution in [2.75, 3.05) is 46.9 Å². The van der Waals surface area contributed by atoms with Gasteiger partial charge in [-0.15, -0.1) is 0 Å². The first kappa shape index (κ1) is 25.9. The van der Waals surface area contributed by atoms with Crippen LogP contribution in [0.15, 0.2) is 89.4 Å². The Hall–Kier alpha value is -2.77. The molecule has 2 unspecified atom stereocenters. The molecule has 1 aliphatic rings. The van der Waals surface area contributed by atoms with Crippen molar-refractivity contribution in [2.24, 2.45) is 0 Å². The molecule has 2 atom stereocenters. The number of nitrogens with zero attached hydrogens (tertiary/aromatic N) is 3. The average Bonchev–Trinajstić information content (AvgIpc) is 2.93. The molecule has 5 nitrogen and oxygen atoms in total. The summed E-state index contributed by atoms with van der Waals surface area (Å²) in [5.74, 6) is 0.159. The van der Waals surface area contributed by atoms with E-state index in [-0.39, 0.29) is 5.92 Å². The highest BCUT2D eigenvalue weighted by Crippen LogP contribution is 2.47. The van der Waals surface area contributed by atoms with Gasteiger partial charge in [0.15, 0.2) is 0 Å². The molecule has 192 valence electrons. The van der Waals surface area contributed by atoms with Crippen LogP contribution in [0.1, 0.15) is 29.0 Å². The summed E-state index contributed by atoms with van der Waals surface area (Å²) in [6.45, 7) is 4.91. The van der Waals surface area contributed by atoms with E-state index in [1.807, 2.05) is 60.7 Å². The molecule has 0 radical (unpaired) electrons. The number of piperazine rings is 1. The molecule has 1 saturated heterocycles. The van der Waals surface area contributed by atoms with E-state index in [9.17, 15) is 5.11 Å². The van der Waals surface area contributed by atoms with Crippen LogP contribution in [0.3, 0.4) is 0 Å². The highest BCUT2D eigenvalue weighted by Gasteiger charge is 2.42. The molecule has 2 heterocycles. The number of methoxy groups -OCH3 is 1. The molecule has 5 rings (SSSR count). The highest BCUT2D eigenvalue weighted by atomic mass is 79.9. The first-order chi connectivity index (χ1) is 18.0. The minimum Gasteiger partial charge on any atom is -0.481 e. The van der Waals surface area contributed by atoms with E-state index >= 15 is 0 Å². The molecule has 0 spiro atoms. The Bertz CT molecular complexity index is 1330. The van der Waals surface area contributed by atoms with Crippen molar-refractivity contribution in [3.8, 4) is 5.88 Å². The largest absolute Gasteiger partial charge is 0.481 e. The van der Waals surface area contributed by atoms with Gasteiger partial charge in [0.2, 0.25) is 5.88 Å². The lowest BCUT2D eigenvalue weighted by molar-refractivity contribution is -0.00316. The fraction of sp³-hybridized carbons (Fsp3) is 0.323. The lowest BCUT2D eigenvalue weighted by Gasteiger charge is -2.40. The summed E-state index contributed by atoms with van der Waals surface area (Å²) >= 11 is 3.61. The predicted molar refractivity (Wildman–Crippen MR) is 153 cm³/mol. The van der Waals surface area contributed by atoms with Gasteiger partial charge in [-0.25, -0.2) is 4.98 Å². The van der Waals surface area contributed by atoms with Gasteiger partial charge in [0.05, 0.1) is 12.6 Å². The van der Waals surface area contributed by atoms with Crippen LogP contribution in [0, 0.1) is 0 Å². The third-order valence-corrected chi connectivity index (χ3v) is 8.06. The van der Waals surface area contributed by atoms with E-state index in [4.69, 9.17) is 9.72 Å². The molecule has 0 amide bonds. The molecule has 3 aromatic carbocycles. The van der Waals surface area contributed by atoms with Crippen molar-refractivity contribution in [3.63, 3.8) is 0 Å². The van der Waals surface area contributed by atoms with E-state index in [0.29, 0.717) is 12.3 Å². The van der Waals surface area contributed by atoms with Gasteiger partial charge >= 0.3 is 0 Å². The third-order valence-electron chi connectivity index (χ3n) is 7.56. The number of pyridine rings is 1. The van der Waals surface area contributed by atoms with Crippen LogP contribution in [0.4, 0.5) is 0 Å². The summed E-state index contributed by atoms with van der Waals surface area (Å²) in [4.78, 5) is 9.70. The normalized spacial score (nSPS) is 17.4. The minimum absolute atomic E-state index is 0.380. The van der Waals surface area contributed by atoms with Crippen LogP contribution in [0.2, 0.25) is 0 Å². The number of rotatable bonds is 8. The molecular weight excluding hydrogens is 526 g/mol. The lowest BCUT2D eigenvalue weighted by atomic mass is 9.71. The van der Waals surface area contributed by atoms with Crippen molar-refractivity contribution in [3.05, 3.63) is 106 Å². The van der Waals surface area contributed by atoms with Gasteiger partial charge in [0.1, 0.15) is 5.60 Å². The van der Waals surface area contributed by atoms with Crippen LogP contribution >= 0.6 is 15.9 Å². The molecule has 6 heteroatoms. The summed E-state index contributed by atoms with van der Waals surface area (Å²) in [7, 11) is 3.82. The summed E-state index contributed by atoms with van der Waals surface area (Å²) in [6.07, 6.45) is 0.583. The Kier molecular flexibility index (Phi) is 7.91. The Morgan fingerprint density at radius 2 is 1.62 bits per heavy atom. The second-order valence-corrected chi connectivity index (χ2v) is 10.9. The SMILES string of the molecule is COc1nc2ccc(Br)cc2cc1C(c1ccccc1)C(O)(CCN1CCN(C)CC1)c1ccccc1. The van der Waals surface area contributed by atoms with Crippen LogP contribution in [-0.2, 0) is 5.60 Å². The van der Waals surface area contributed by atoms with Gasteiger partial charge in [0.25, 0.3) is 0 Å².